The molecule has 1 radical (unpaired) electrons. The Morgan fingerprint density at radius 1 is 0.818 bits per heavy atom. The Hall–Kier alpha value is 0.352. The Balaban J connectivity index is -0.000000107. The van der Waals surface area contributed by atoms with Gasteiger partial charge < -0.3 is 9.11 Å². The molecule has 0 atom stereocenters. The molecular formula is C2H6AlO6S2. The fourth-order valence-electron chi connectivity index (χ4n) is 0. The van der Waals surface area contributed by atoms with E-state index in [9.17, 15) is 0 Å². The Kier molecular flexibility index (Phi) is 9.41. The molecule has 0 bridgehead atoms. The summed E-state index contributed by atoms with van der Waals surface area (Å²) in [7, 11) is -7.83. The van der Waals surface area contributed by atoms with Gasteiger partial charge in [-0.25, -0.2) is 16.8 Å². The number of hydrogen-bond acceptors (Lipinski definition) is 6. The molecule has 0 heterocycles. The number of rotatable bonds is 0. The van der Waals surface area contributed by atoms with Gasteiger partial charge in [-0.3, -0.25) is 0 Å². The van der Waals surface area contributed by atoms with Gasteiger partial charge in [0.2, 0.25) is 0 Å². The van der Waals surface area contributed by atoms with Crippen molar-refractivity contribution in [1.29, 1.82) is 0 Å². The molecule has 0 N–H and O–H groups in total. The molecule has 0 fully saturated rings. The van der Waals surface area contributed by atoms with Crippen LogP contribution in [0.1, 0.15) is 0 Å². The summed E-state index contributed by atoms with van der Waals surface area (Å²) in [6, 6.07) is 0. The molecule has 0 aliphatic heterocycles. The molecule has 9 heteroatoms. The molecule has 0 aromatic heterocycles. The van der Waals surface area contributed by atoms with Crippen molar-refractivity contribution in [1.82, 2.24) is 0 Å². The summed E-state index contributed by atoms with van der Waals surface area (Å²) < 4.78 is 54.5. The van der Waals surface area contributed by atoms with Crippen molar-refractivity contribution in [2.24, 2.45) is 0 Å². The molecule has 0 spiro atoms. The monoisotopic (exact) mass is 217 g/mol. The summed E-state index contributed by atoms with van der Waals surface area (Å²) >= 11 is 0. The molecule has 0 aromatic carbocycles. The Bertz CT molecular complexity index is 215. The van der Waals surface area contributed by atoms with Crippen molar-refractivity contribution in [2.75, 3.05) is 12.5 Å². The zero-order valence-electron chi connectivity index (χ0n) is 5.84. The summed E-state index contributed by atoms with van der Waals surface area (Å²) in [5.74, 6) is 0. The van der Waals surface area contributed by atoms with Crippen LogP contribution in [0.5, 0.6) is 0 Å². The predicted octanol–water partition coefficient (Wildman–Crippen LogP) is -2.06. The molecule has 0 unspecified atom stereocenters. The smallest absolute Gasteiger partial charge is 0.748 e. The van der Waals surface area contributed by atoms with Gasteiger partial charge in [-0.05, 0) is 0 Å². The SMILES string of the molecule is CS(=O)(=O)[O-].CS(=O)(=O)[O-].[Al+2]. The van der Waals surface area contributed by atoms with E-state index in [1.165, 1.54) is 0 Å². The van der Waals surface area contributed by atoms with Crippen molar-refractivity contribution >= 4 is 37.6 Å². The standard InChI is InChI=1S/2CH4O3S.Al/c2*1-5(2,3)4;/h2*1H3,(H,2,3,4);/q;;+2/p-2. The van der Waals surface area contributed by atoms with Crippen LogP contribution in [0.3, 0.4) is 0 Å². The summed E-state index contributed by atoms with van der Waals surface area (Å²) in [4.78, 5) is 0. The van der Waals surface area contributed by atoms with Gasteiger partial charge in [0.15, 0.2) is 0 Å². The first-order valence-corrected chi connectivity index (χ1v) is 5.45. The minimum Gasteiger partial charge on any atom is -0.748 e. The Morgan fingerprint density at radius 3 is 0.818 bits per heavy atom. The summed E-state index contributed by atoms with van der Waals surface area (Å²) in [5, 5.41) is 0. The normalized spacial score (nSPS) is 10.5. The fourth-order valence-corrected chi connectivity index (χ4v) is 0. The van der Waals surface area contributed by atoms with Crippen molar-refractivity contribution in [2.45, 2.75) is 0 Å². The molecule has 0 saturated heterocycles. The third kappa shape index (κ3) is 5810. The molecule has 0 aromatic rings. The minimum absolute atomic E-state index is 0. The second kappa shape index (κ2) is 5.93. The van der Waals surface area contributed by atoms with E-state index in [0.29, 0.717) is 12.5 Å². The maximum absolute atomic E-state index is 9.08. The molecule has 0 aliphatic rings. The molecule has 0 aliphatic carbocycles. The maximum Gasteiger partial charge on any atom is 2.00 e. The van der Waals surface area contributed by atoms with Gasteiger partial charge in [0, 0.05) is 12.5 Å². The van der Waals surface area contributed by atoms with Crippen LogP contribution in [0, 0.1) is 0 Å². The van der Waals surface area contributed by atoms with E-state index in [-0.39, 0.29) is 17.4 Å². The molecule has 11 heavy (non-hydrogen) atoms. The van der Waals surface area contributed by atoms with E-state index >= 15 is 0 Å². The first-order valence-electron chi connectivity index (χ1n) is 1.82. The zero-order valence-corrected chi connectivity index (χ0v) is 8.63. The van der Waals surface area contributed by atoms with Crippen LogP contribution >= 0.6 is 0 Å². The average Bonchev–Trinajstić information content (AvgIpc) is 1.12. The van der Waals surface area contributed by atoms with Crippen molar-refractivity contribution < 1.29 is 25.9 Å². The zero-order chi connectivity index (χ0) is 9.00. The van der Waals surface area contributed by atoms with E-state index in [1.807, 2.05) is 0 Å². The maximum atomic E-state index is 9.08. The van der Waals surface area contributed by atoms with Gasteiger partial charge in [-0.2, -0.15) is 0 Å². The van der Waals surface area contributed by atoms with E-state index in [2.05, 4.69) is 0 Å². The topological polar surface area (TPSA) is 114 Å². The summed E-state index contributed by atoms with van der Waals surface area (Å²) in [6.45, 7) is 0. The first-order chi connectivity index (χ1) is 4.00. The summed E-state index contributed by atoms with van der Waals surface area (Å²) in [5.41, 5.74) is 0. The quantitative estimate of drug-likeness (QED) is 0.340. The van der Waals surface area contributed by atoms with E-state index in [4.69, 9.17) is 25.9 Å². The molecule has 65 valence electrons. The fraction of sp³-hybridized carbons (Fsp3) is 1.00. The molecule has 6 nitrogen and oxygen atoms in total. The molecule has 0 saturated carbocycles. The molecular weight excluding hydrogens is 211 g/mol. The van der Waals surface area contributed by atoms with Crippen LogP contribution in [0.4, 0.5) is 0 Å². The Labute approximate surface area is 76.2 Å². The van der Waals surface area contributed by atoms with Crippen LogP contribution < -0.4 is 0 Å². The van der Waals surface area contributed by atoms with E-state index < -0.39 is 20.2 Å². The van der Waals surface area contributed by atoms with Gasteiger partial charge >= 0.3 is 17.4 Å². The van der Waals surface area contributed by atoms with Gasteiger partial charge in [0.25, 0.3) is 0 Å². The first kappa shape index (κ1) is 17.4. The average molecular weight is 217 g/mol. The van der Waals surface area contributed by atoms with Gasteiger partial charge in [0.1, 0.15) is 0 Å². The third-order valence-electron chi connectivity index (χ3n) is 0. The van der Waals surface area contributed by atoms with Gasteiger partial charge in [-0.1, -0.05) is 0 Å². The van der Waals surface area contributed by atoms with Crippen LogP contribution in [0.2, 0.25) is 0 Å². The van der Waals surface area contributed by atoms with E-state index in [1.54, 1.807) is 0 Å². The number of hydrogen-bond donors (Lipinski definition) is 0. The second-order valence-electron chi connectivity index (χ2n) is 1.41. The molecule has 0 amide bonds. The van der Waals surface area contributed by atoms with Crippen LogP contribution in [-0.2, 0) is 20.2 Å². The van der Waals surface area contributed by atoms with Crippen molar-refractivity contribution in [3.8, 4) is 0 Å². The van der Waals surface area contributed by atoms with Crippen molar-refractivity contribution in [3.05, 3.63) is 0 Å². The van der Waals surface area contributed by atoms with Crippen LogP contribution in [0.15, 0.2) is 0 Å². The summed E-state index contributed by atoms with van der Waals surface area (Å²) in [6.07, 6.45) is 1.21. The van der Waals surface area contributed by atoms with E-state index in [0.717, 1.165) is 0 Å². The van der Waals surface area contributed by atoms with Gasteiger partial charge in [-0.15, -0.1) is 0 Å². The third-order valence-corrected chi connectivity index (χ3v) is 0. The predicted molar refractivity (Wildman–Crippen MR) is 37.0 cm³/mol. The minimum atomic E-state index is -3.92. The van der Waals surface area contributed by atoms with Crippen LogP contribution in [0.25, 0.3) is 0 Å². The van der Waals surface area contributed by atoms with Crippen molar-refractivity contribution in [3.63, 3.8) is 0 Å². The largest absolute Gasteiger partial charge is 2.00 e. The second-order valence-corrected chi connectivity index (χ2v) is 4.22. The Morgan fingerprint density at radius 2 is 0.818 bits per heavy atom. The molecule has 0 rings (SSSR count). The van der Waals surface area contributed by atoms with Gasteiger partial charge in [0.05, 0.1) is 20.2 Å². The van der Waals surface area contributed by atoms with Crippen LogP contribution in [-0.4, -0.2) is 55.8 Å².